The van der Waals surface area contributed by atoms with Gasteiger partial charge >= 0.3 is 5.69 Å². The SMILES string of the molecule is CC(=O)NCCC1=c2ccccc2=NC1=Cc1c(O)n(-c2ccccc2F)c(=O)[nH]c1=O. The van der Waals surface area contributed by atoms with Crippen molar-refractivity contribution < 1.29 is 14.3 Å². The predicted octanol–water partition coefficient (Wildman–Crippen LogP) is 0.722. The zero-order chi connectivity index (χ0) is 22.8. The van der Waals surface area contributed by atoms with E-state index in [2.05, 4.69) is 15.3 Å². The average molecular weight is 434 g/mol. The third kappa shape index (κ3) is 3.87. The maximum absolute atomic E-state index is 14.3. The molecule has 0 spiro atoms. The Morgan fingerprint density at radius 1 is 1.19 bits per heavy atom. The average Bonchev–Trinajstić information content (AvgIpc) is 3.09. The summed E-state index contributed by atoms with van der Waals surface area (Å²) >= 11 is 0. The first-order chi connectivity index (χ1) is 15.4. The molecule has 1 aromatic heterocycles. The lowest BCUT2D eigenvalue weighted by Crippen LogP contribution is -2.31. The fraction of sp³-hybridized carbons (Fsp3) is 0.130. The number of aromatic amines is 1. The molecule has 2 heterocycles. The van der Waals surface area contributed by atoms with Gasteiger partial charge in [0.15, 0.2) is 0 Å². The maximum atomic E-state index is 14.3. The van der Waals surface area contributed by atoms with Gasteiger partial charge in [-0.05, 0) is 36.3 Å². The molecule has 0 aliphatic carbocycles. The molecule has 4 rings (SSSR count). The van der Waals surface area contributed by atoms with Crippen molar-refractivity contribution >= 4 is 17.6 Å². The van der Waals surface area contributed by atoms with E-state index in [1.807, 2.05) is 18.2 Å². The number of nitrogens with one attached hydrogen (secondary N) is 2. The number of benzene rings is 2. The molecular formula is C23H19FN4O4. The Hall–Kier alpha value is -4.27. The summed E-state index contributed by atoms with van der Waals surface area (Å²) in [6.45, 7) is 1.76. The molecule has 0 saturated carbocycles. The fourth-order valence-corrected chi connectivity index (χ4v) is 3.57. The van der Waals surface area contributed by atoms with Crippen LogP contribution in [0.1, 0.15) is 18.9 Å². The molecule has 0 saturated heterocycles. The minimum absolute atomic E-state index is 0.176. The number of aromatic nitrogens is 2. The highest BCUT2D eigenvalue weighted by Crippen LogP contribution is 2.24. The van der Waals surface area contributed by atoms with Crippen molar-refractivity contribution in [2.45, 2.75) is 13.3 Å². The Morgan fingerprint density at radius 3 is 2.66 bits per heavy atom. The fourth-order valence-electron chi connectivity index (χ4n) is 3.57. The van der Waals surface area contributed by atoms with E-state index >= 15 is 0 Å². The zero-order valence-electron chi connectivity index (χ0n) is 17.1. The number of carbonyl (C=O) groups excluding carboxylic acids is 1. The highest BCUT2D eigenvalue weighted by Gasteiger charge is 2.19. The number of halogens is 1. The van der Waals surface area contributed by atoms with Gasteiger partial charge in [0, 0.05) is 18.7 Å². The summed E-state index contributed by atoms with van der Waals surface area (Å²) in [5.74, 6) is -1.62. The predicted molar refractivity (Wildman–Crippen MR) is 116 cm³/mol. The molecule has 0 unspecified atom stereocenters. The standard InChI is InChI=1S/C23H19FN4O4/c1-13(29)25-11-10-15-14-6-2-4-8-18(14)26-19(15)12-16-21(30)27-23(32)28(22(16)31)20-9-5-3-7-17(20)24/h2-9,12,31H,10-11H2,1H3,(H,25,29)(H,27,30,32). The molecule has 0 radical (unpaired) electrons. The first-order valence-corrected chi connectivity index (χ1v) is 9.83. The molecule has 3 aromatic rings. The number of rotatable bonds is 5. The lowest BCUT2D eigenvalue weighted by Gasteiger charge is -2.11. The highest BCUT2D eigenvalue weighted by molar-refractivity contribution is 5.77. The molecule has 2 aromatic carbocycles. The highest BCUT2D eigenvalue weighted by atomic mass is 19.1. The Bertz CT molecular complexity index is 1500. The Kier molecular flexibility index (Phi) is 5.55. The summed E-state index contributed by atoms with van der Waals surface area (Å²) < 4.78 is 15.0. The first kappa shape index (κ1) is 21.0. The first-order valence-electron chi connectivity index (χ1n) is 9.83. The van der Waals surface area contributed by atoms with Gasteiger partial charge < -0.3 is 10.4 Å². The second-order valence-electron chi connectivity index (χ2n) is 7.15. The van der Waals surface area contributed by atoms with Crippen LogP contribution in [0.3, 0.4) is 0 Å². The number of fused-ring (bicyclic) bond motifs is 1. The van der Waals surface area contributed by atoms with E-state index in [9.17, 15) is 23.9 Å². The van der Waals surface area contributed by atoms with Gasteiger partial charge in [-0.1, -0.05) is 30.3 Å². The monoisotopic (exact) mass is 434 g/mol. The third-order valence-electron chi connectivity index (χ3n) is 5.02. The van der Waals surface area contributed by atoms with E-state index in [1.54, 1.807) is 6.07 Å². The topological polar surface area (TPSA) is 117 Å². The van der Waals surface area contributed by atoms with Gasteiger partial charge in [0.1, 0.15) is 11.4 Å². The minimum atomic E-state index is -0.971. The van der Waals surface area contributed by atoms with E-state index in [1.165, 1.54) is 31.2 Å². The summed E-state index contributed by atoms with van der Waals surface area (Å²) in [4.78, 5) is 42.8. The number of aromatic hydroxyl groups is 1. The van der Waals surface area contributed by atoms with Crippen molar-refractivity contribution in [1.82, 2.24) is 14.9 Å². The molecule has 32 heavy (non-hydrogen) atoms. The maximum Gasteiger partial charge on any atom is 0.335 e. The van der Waals surface area contributed by atoms with Crippen LogP contribution in [-0.4, -0.2) is 27.1 Å². The van der Waals surface area contributed by atoms with Gasteiger partial charge in [0.05, 0.1) is 16.7 Å². The molecule has 9 heteroatoms. The van der Waals surface area contributed by atoms with Crippen LogP contribution >= 0.6 is 0 Å². The number of para-hydroxylation sites is 2. The van der Waals surface area contributed by atoms with Crippen LogP contribution in [0.25, 0.3) is 17.3 Å². The second kappa shape index (κ2) is 8.46. The summed E-state index contributed by atoms with van der Waals surface area (Å²) in [7, 11) is 0. The number of carbonyl (C=O) groups is 1. The summed E-state index contributed by atoms with van der Waals surface area (Å²) in [6, 6.07) is 12.7. The van der Waals surface area contributed by atoms with E-state index in [4.69, 9.17) is 0 Å². The number of amides is 1. The Balaban J connectivity index is 1.88. The van der Waals surface area contributed by atoms with Crippen molar-refractivity contribution in [3.05, 3.63) is 97.0 Å². The van der Waals surface area contributed by atoms with Crippen LogP contribution in [0.4, 0.5) is 4.39 Å². The Morgan fingerprint density at radius 2 is 1.91 bits per heavy atom. The Labute approximate surface area is 180 Å². The van der Waals surface area contributed by atoms with Crippen LogP contribution < -0.4 is 27.1 Å². The molecule has 162 valence electrons. The molecule has 1 amide bonds. The van der Waals surface area contributed by atoms with E-state index < -0.39 is 22.9 Å². The molecule has 0 fully saturated rings. The van der Waals surface area contributed by atoms with Gasteiger partial charge in [0.25, 0.3) is 5.56 Å². The van der Waals surface area contributed by atoms with Gasteiger partial charge in [-0.25, -0.2) is 18.7 Å². The minimum Gasteiger partial charge on any atom is -0.494 e. The molecule has 8 nitrogen and oxygen atoms in total. The van der Waals surface area contributed by atoms with Gasteiger partial charge in [-0.2, -0.15) is 0 Å². The van der Waals surface area contributed by atoms with Crippen molar-refractivity contribution in [3.8, 4) is 11.6 Å². The lowest BCUT2D eigenvalue weighted by atomic mass is 10.1. The molecular weight excluding hydrogens is 415 g/mol. The van der Waals surface area contributed by atoms with Crippen LogP contribution in [0.5, 0.6) is 5.88 Å². The van der Waals surface area contributed by atoms with Crippen molar-refractivity contribution in [2.75, 3.05) is 6.54 Å². The summed E-state index contributed by atoms with van der Waals surface area (Å²) in [5, 5.41) is 15.0. The van der Waals surface area contributed by atoms with Crippen LogP contribution in [-0.2, 0) is 4.79 Å². The number of allylic oxidation sites excluding steroid dienone is 1. The number of nitrogens with zero attached hydrogens (tertiary/aromatic N) is 2. The van der Waals surface area contributed by atoms with Gasteiger partial charge in [-0.15, -0.1) is 0 Å². The number of hydrogen-bond donors (Lipinski definition) is 3. The lowest BCUT2D eigenvalue weighted by molar-refractivity contribution is -0.118. The normalized spacial score (nSPS) is 13.7. The van der Waals surface area contributed by atoms with Crippen molar-refractivity contribution in [1.29, 1.82) is 0 Å². The van der Waals surface area contributed by atoms with Crippen LogP contribution in [0.15, 0.2) is 68.8 Å². The molecule has 3 N–H and O–H groups in total. The largest absolute Gasteiger partial charge is 0.494 e. The molecule has 0 atom stereocenters. The van der Waals surface area contributed by atoms with Crippen molar-refractivity contribution in [3.63, 3.8) is 0 Å². The summed E-state index contributed by atoms with van der Waals surface area (Å²) in [6.07, 6.45) is 1.78. The second-order valence-corrected chi connectivity index (χ2v) is 7.15. The van der Waals surface area contributed by atoms with E-state index in [0.717, 1.165) is 16.9 Å². The molecule has 1 aliphatic rings. The quantitative estimate of drug-likeness (QED) is 0.549. The van der Waals surface area contributed by atoms with Crippen LogP contribution in [0.2, 0.25) is 0 Å². The zero-order valence-corrected chi connectivity index (χ0v) is 17.1. The molecule has 1 aliphatic heterocycles. The number of H-pyrrole nitrogens is 1. The van der Waals surface area contributed by atoms with Gasteiger partial charge in [-0.3, -0.25) is 14.6 Å². The third-order valence-corrected chi connectivity index (χ3v) is 5.02. The van der Waals surface area contributed by atoms with E-state index in [0.29, 0.717) is 28.6 Å². The number of hydrogen-bond acceptors (Lipinski definition) is 5. The smallest absolute Gasteiger partial charge is 0.335 e. The molecule has 0 bridgehead atoms. The van der Waals surface area contributed by atoms with Gasteiger partial charge in [0.2, 0.25) is 11.8 Å². The van der Waals surface area contributed by atoms with Crippen LogP contribution in [0, 0.1) is 5.82 Å². The van der Waals surface area contributed by atoms with E-state index in [-0.39, 0.29) is 17.2 Å². The summed E-state index contributed by atoms with van der Waals surface area (Å²) in [5.41, 5.74) is -1.09. The van der Waals surface area contributed by atoms with Crippen molar-refractivity contribution in [2.24, 2.45) is 4.99 Å².